The molecule has 2 aromatic rings. The van der Waals surface area contributed by atoms with Gasteiger partial charge >= 0.3 is 18.4 Å². The summed E-state index contributed by atoms with van der Waals surface area (Å²) in [5, 5.41) is 0.170. The van der Waals surface area contributed by atoms with Crippen LogP contribution in [0.2, 0.25) is 5.02 Å². The van der Waals surface area contributed by atoms with Crippen molar-refractivity contribution in [2.75, 3.05) is 17.7 Å². The van der Waals surface area contributed by atoms with Gasteiger partial charge in [0.05, 0.1) is 29.1 Å². The Kier molecular flexibility index (Phi) is 8.27. The van der Waals surface area contributed by atoms with Gasteiger partial charge < -0.3 is 4.90 Å². The standard InChI is InChI=1S/C23H22ClF6N3O4S/c1-13(34)33(12-14-8-15(22(25,26)27)10-16(9-14)23(28,29)30)19-4-3-7-32(21(35)31-38(2,36)37)20-11-17(24)5-6-18(19)20/h5-6,8-11,19H,3-4,7,12H2,1-2H3,(H,31,35). The van der Waals surface area contributed by atoms with Gasteiger partial charge in [0, 0.05) is 25.0 Å². The van der Waals surface area contributed by atoms with Gasteiger partial charge in [0.15, 0.2) is 0 Å². The summed E-state index contributed by atoms with van der Waals surface area (Å²) in [6.45, 7) is 0.524. The monoisotopic (exact) mass is 585 g/mol. The first-order valence-corrected chi connectivity index (χ1v) is 13.3. The lowest BCUT2D eigenvalue weighted by atomic mass is 9.98. The Morgan fingerprint density at radius 2 is 1.63 bits per heavy atom. The summed E-state index contributed by atoms with van der Waals surface area (Å²) >= 11 is 6.10. The van der Waals surface area contributed by atoms with Crippen LogP contribution in [-0.4, -0.2) is 38.1 Å². The first kappa shape index (κ1) is 29.6. The molecule has 7 nitrogen and oxygen atoms in total. The van der Waals surface area contributed by atoms with Gasteiger partial charge in [-0.2, -0.15) is 26.3 Å². The van der Waals surface area contributed by atoms with Crippen LogP contribution in [-0.2, 0) is 33.7 Å². The van der Waals surface area contributed by atoms with Crippen molar-refractivity contribution >= 4 is 39.2 Å². The molecule has 1 unspecified atom stereocenters. The van der Waals surface area contributed by atoms with E-state index in [4.69, 9.17) is 11.6 Å². The van der Waals surface area contributed by atoms with Crippen molar-refractivity contribution in [3.05, 3.63) is 63.7 Å². The highest BCUT2D eigenvalue weighted by Gasteiger charge is 2.38. The van der Waals surface area contributed by atoms with Crippen LogP contribution in [0.1, 0.15) is 48.1 Å². The van der Waals surface area contributed by atoms with Gasteiger partial charge in [-0.05, 0) is 54.3 Å². The summed E-state index contributed by atoms with van der Waals surface area (Å²) in [6.07, 6.45) is -8.95. The average molecular weight is 586 g/mol. The molecule has 1 atom stereocenters. The fourth-order valence-corrected chi connectivity index (χ4v) is 4.84. The summed E-state index contributed by atoms with van der Waals surface area (Å²) < 4.78 is 105. The maximum Gasteiger partial charge on any atom is 0.416 e. The number of carbonyl (C=O) groups excluding carboxylic acids is 2. The number of halogens is 7. The number of rotatable bonds is 4. The topological polar surface area (TPSA) is 86.8 Å². The van der Waals surface area contributed by atoms with E-state index in [2.05, 4.69) is 0 Å². The van der Waals surface area contributed by atoms with Crippen molar-refractivity contribution < 1.29 is 44.3 Å². The minimum absolute atomic E-state index is 0.00127. The van der Waals surface area contributed by atoms with Crippen LogP contribution in [0.4, 0.5) is 36.8 Å². The lowest BCUT2D eigenvalue weighted by Crippen LogP contribution is -2.43. The van der Waals surface area contributed by atoms with E-state index in [1.54, 1.807) is 0 Å². The maximum absolute atomic E-state index is 13.4. The molecule has 0 aromatic heterocycles. The Balaban J connectivity index is 2.09. The molecule has 1 aliphatic rings. The fraction of sp³-hybridized carbons (Fsp3) is 0.391. The highest BCUT2D eigenvalue weighted by atomic mass is 35.5. The van der Waals surface area contributed by atoms with Crippen molar-refractivity contribution in [1.82, 2.24) is 9.62 Å². The molecule has 2 aromatic carbocycles. The SMILES string of the molecule is CC(=O)N(Cc1cc(C(F)(F)F)cc(C(F)(F)F)c1)C1CCCN(C(=O)NS(C)(=O)=O)c2cc(Cl)ccc21. The first-order chi connectivity index (χ1) is 17.4. The summed E-state index contributed by atoms with van der Waals surface area (Å²) in [5.41, 5.74) is -2.96. The van der Waals surface area contributed by atoms with E-state index < -0.39 is 63.6 Å². The second-order valence-electron chi connectivity index (χ2n) is 8.75. The van der Waals surface area contributed by atoms with Crippen LogP contribution in [0.3, 0.4) is 0 Å². The van der Waals surface area contributed by atoms with Gasteiger partial charge in [-0.25, -0.2) is 17.9 Å². The first-order valence-electron chi connectivity index (χ1n) is 11.0. The number of sulfonamides is 1. The average Bonchev–Trinajstić information content (AvgIpc) is 2.94. The van der Waals surface area contributed by atoms with E-state index in [1.165, 1.54) is 18.2 Å². The molecule has 0 fully saturated rings. The number of hydrogen-bond acceptors (Lipinski definition) is 4. The third-order valence-electron chi connectivity index (χ3n) is 5.80. The molecular formula is C23H22ClF6N3O4S. The van der Waals surface area contributed by atoms with Crippen molar-refractivity contribution in [2.24, 2.45) is 0 Å². The van der Waals surface area contributed by atoms with E-state index >= 15 is 0 Å². The van der Waals surface area contributed by atoms with Crippen molar-refractivity contribution in [2.45, 2.75) is 44.7 Å². The van der Waals surface area contributed by atoms with Gasteiger partial charge in [-0.1, -0.05) is 17.7 Å². The Morgan fingerprint density at radius 1 is 1.05 bits per heavy atom. The molecule has 3 amide bonds. The molecular weight excluding hydrogens is 564 g/mol. The predicted octanol–water partition coefficient (Wildman–Crippen LogP) is 5.74. The zero-order valence-corrected chi connectivity index (χ0v) is 21.5. The number of fused-ring (bicyclic) bond motifs is 1. The summed E-state index contributed by atoms with van der Waals surface area (Å²) in [6, 6.07) is 3.52. The predicted molar refractivity (Wildman–Crippen MR) is 127 cm³/mol. The molecule has 208 valence electrons. The smallest absolute Gasteiger partial charge is 0.331 e. The number of benzene rings is 2. The summed E-state index contributed by atoms with van der Waals surface area (Å²) in [4.78, 5) is 27.6. The minimum Gasteiger partial charge on any atom is -0.331 e. The molecule has 1 aliphatic heterocycles. The third kappa shape index (κ3) is 7.10. The van der Waals surface area contributed by atoms with Crippen LogP contribution >= 0.6 is 11.6 Å². The molecule has 0 saturated heterocycles. The number of hydrogen-bond donors (Lipinski definition) is 1. The zero-order chi connectivity index (χ0) is 28.6. The number of nitrogens with zero attached hydrogens (tertiary/aromatic N) is 2. The zero-order valence-electron chi connectivity index (χ0n) is 20.0. The molecule has 0 spiro atoms. The lowest BCUT2D eigenvalue weighted by Gasteiger charge is -2.32. The number of anilines is 1. The number of nitrogens with one attached hydrogen (secondary N) is 1. The molecule has 15 heteroatoms. The number of alkyl halides is 6. The van der Waals surface area contributed by atoms with E-state index in [0.29, 0.717) is 17.7 Å². The second-order valence-corrected chi connectivity index (χ2v) is 10.9. The van der Waals surface area contributed by atoms with Gasteiger partial charge in [-0.3, -0.25) is 9.69 Å². The van der Waals surface area contributed by atoms with Crippen LogP contribution in [0.5, 0.6) is 0 Å². The van der Waals surface area contributed by atoms with Crippen molar-refractivity contribution in [3.8, 4) is 0 Å². The molecule has 0 saturated carbocycles. The number of urea groups is 1. The van der Waals surface area contributed by atoms with E-state index in [-0.39, 0.29) is 36.2 Å². The summed E-state index contributed by atoms with van der Waals surface area (Å²) in [7, 11) is -3.94. The van der Waals surface area contributed by atoms with Gasteiger partial charge in [-0.15, -0.1) is 0 Å². The van der Waals surface area contributed by atoms with Gasteiger partial charge in [0.25, 0.3) is 0 Å². The molecule has 0 bridgehead atoms. The quantitative estimate of drug-likeness (QED) is 0.464. The molecule has 1 heterocycles. The van der Waals surface area contributed by atoms with Crippen LogP contribution in [0.25, 0.3) is 0 Å². The third-order valence-corrected chi connectivity index (χ3v) is 6.58. The fourth-order valence-electron chi connectivity index (χ4n) is 4.25. The molecule has 3 rings (SSSR count). The largest absolute Gasteiger partial charge is 0.416 e. The van der Waals surface area contributed by atoms with Gasteiger partial charge in [0.1, 0.15) is 0 Å². The minimum atomic E-state index is -5.06. The number of amides is 3. The normalized spacial score (nSPS) is 16.4. The van der Waals surface area contributed by atoms with E-state index in [9.17, 15) is 44.3 Å². The molecule has 0 aliphatic carbocycles. The molecule has 38 heavy (non-hydrogen) atoms. The lowest BCUT2D eigenvalue weighted by molar-refractivity contribution is -0.143. The van der Waals surface area contributed by atoms with E-state index in [0.717, 1.165) is 23.0 Å². The second kappa shape index (κ2) is 10.6. The van der Waals surface area contributed by atoms with Crippen LogP contribution in [0, 0.1) is 0 Å². The van der Waals surface area contributed by atoms with Crippen LogP contribution in [0.15, 0.2) is 36.4 Å². The Hall–Kier alpha value is -3.00. The number of carbonyl (C=O) groups is 2. The molecule has 0 radical (unpaired) electrons. The van der Waals surface area contributed by atoms with Gasteiger partial charge in [0.2, 0.25) is 15.9 Å². The highest BCUT2D eigenvalue weighted by molar-refractivity contribution is 7.89. The van der Waals surface area contributed by atoms with Crippen molar-refractivity contribution in [3.63, 3.8) is 0 Å². The van der Waals surface area contributed by atoms with Crippen molar-refractivity contribution in [1.29, 1.82) is 0 Å². The Bertz CT molecular complexity index is 1320. The highest BCUT2D eigenvalue weighted by Crippen LogP contribution is 2.41. The maximum atomic E-state index is 13.4. The summed E-state index contributed by atoms with van der Waals surface area (Å²) in [5.74, 6) is -0.643. The Labute approximate surface area is 219 Å². The molecule has 1 N–H and O–H groups in total. The van der Waals surface area contributed by atoms with Crippen LogP contribution < -0.4 is 9.62 Å². The van der Waals surface area contributed by atoms with E-state index in [1.807, 2.05) is 4.72 Å². The Morgan fingerprint density at radius 3 is 2.13 bits per heavy atom.